The largest absolute Gasteiger partial charge is 0.462 e. The second kappa shape index (κ2) is 60.9. The maximum Gasteiger partial charge on any atom is 0.306 e. The van der Waals surface area contributed by atoms with Crippen LogP contribution in [-0.2, 0) is 28.6 Å². The average Bonchev–Trinajstić information content (AvgIpc) is 3.39. The first kappa shape index (κ1) is 69.3. The van der Waals surface area contributed by atoms with Crippen molar-refractivity contribution in [3.63, 3.8) is 0 Å². The first-order valence-electron chi connectivity index (χ1n) is 30.7. The number of hydrogen-bond acceptors (Lipinski definition) is 6. The standard InChI is InChI=1S/C67H114O6/c1-4-7-10-13-16-19-22-25-27-29-31-33-35-37-39-42-45-48-51-54-57-60-66(69)72-63-64(62-71-65(68)59-56-53-50-47-44-41-24-21-18-15-12-9-6-3)73-67(70)61-58-55-52-49-46-43-40-38-36-34-32-30-28-26-23-20-17-14-11-8-5-2/h7,9-10,12,16,18-19,21,25,27,31,33,37,39,41,44,64H,4-6,8,11,13-15,17,20,22-24,26,28-30,32,34-36,38,40,42-43,45-63H2,1-3H3/b10-7-,12-9-,19-16-,21-18-,27-25-,33-31-,39-37-,44-41-. The summed E-state index contributed by atoms with van der Waals surface area (Å²) in [7, 11) is 0. The molecule has 1 unspecified atom stereocenters. The van der Waals surface area contributed by atoms with Gasteiger partial charge in [-0.15, -0.1) is 0 Å². The van der Waals surface area contributed by atoms with Crippen molar-refractivity contribution in [2.45, 2.75) is 297 Å². The molecule has 0 amide bonds. The summed E-state index contributed by atoms with van der Waals surface area (Å²) in [6.07, 6.45) is 81.3. The zero-order chi connectivity index (χ0) is 52.9. The summed E-state index contributed by atoms with van der Waals surface area (Å²) in [5, 5.41) is 0. The van der Waals surface area contributed by atoms with Crippen LogP contribution >= 0.6 is 0 Å². The summed E-state index contributed by atoms with van der Waals surface area (Å²) in [5.41, 5.74) is 0. The number of rotatable bonds is 55. The molecule has 0 saturated heterocycles. The molecule has 0 aromatic carbocycles. The van der Waals surface area contributed by atoms with E-state index in [4.69, 9.17) is 14.2 Å². The summed E-state index contributed by atoms with van der Waals surface area (Å²) in [5.74, 6) is -0.933. The number of carbonyl (C=O) groups excluding carboxylic acids is 3. The van der Waals surface area contributed by atoms with Crippen LogP contribution in [0.3, 0.4) is 0 Å². The van der Waals surface area contributed by atoms with Gasteiger partial charge < -0.3 is 14.2 Å². The molecule has 0 saturated carbocycles. The maximum absolute atomic E-state index is 12.9. The Labute approximate surface area is 451 Å². The Morgan fingerprint density at radius 1 is 0.288 bits per heavy atom. The van der Waals surface area contributed by atoms with Crippen molar-refractivity contribution in [3.05, 3.63) is 97.2 Å². The summed E-state index contributed by atoms with van der Waals surface area (Å²) < 4.78 is 16.9. The molecule has 0 aliphatic heterocycles. The lowest BCUT2D eigenvalue weighted by molar-refractivity contribution is -0.167. The van der Waals surface area contributed by atoms with Gasteiger partial charge in [0.1, 0.15) is 13.2 Å². The Hall–Kier alpha value is -3.67. The second-order valence-electron chi connectivity index (χ2n) is 20.2. The van der Waals surface area contributed by atoms with Gasteiger partial charge >= 0.3 is 17.9 Å². The van der Waals surface area contributed by atoms with Crippen LogP contribution in [0.2, 0.25) is 0 Å². The first-order chi connectivity index (χ1) is 36.0. The Bertz CT molecular complexity index is 1440. The van der Waals surface area contributed by atoms with Gasteiger partial charge in [-0.1, -0.05) is 272 Å². The third-order valence-electron chi connectivity index (χ3n) is 13.1. The molecule has 418 valence electrons. The fourth-order valence-electron chi connectivity index (χ4n) is 8.54. The van der Waals surface area contributed by atoms with E-state index in [0.29, 0.717) is 19.3 Å². The zero-order valence-electron chi connectivity index (χ0n) is 47.9. The summed E-state index contributed by atoms with van der Waals surface area (Å²) in [6, 6.07) is 0. The van der Waals surface area contributed by atoms with Crippen LogP contribution in [0.15, 0.2) is 97.2 Å². The first-order valence-corrected chi connectivity index (χ1v) is 30.7. The van der Waals surface area contributed by atoms with Crippen LogP contribution in [0, 0.1) is 0 Å². The SMILES string of the molecule is CC/C=C\C/C=C\C/C=C\C/C=C\C/C=C\CCCCCCCC(=O)OCC(COC(=O)CCCCC/C=C\C/C=C\C/C=C\CC)OC(=O)CCCCCCCCCCCCCCCCCCCCCCC. The molecular formula is C67H114O6. The Kier molecular flexibility index (Phi) is 57.8. The fourth-order valence-corrected chi connectivity index (χ4v) is 8.54. The minimum atomic E-state index is -0.798. The molecule has 0 aromatic rings. The van der Waals surface area contributed by atoms with Gasteiger partial charge in [-0.3, -0.25) is 14.4 Å². The van der Waals surface area contributed by atoms with E-state index < -0.39 is 6.10 Å². The van der Waals surface area contributed by atoms with E-state index in [1.54, 1.807) is 0 Å². The lowest BCUT2D eigenvalue weighted by Gasteiger charge is -2.18. The molecule has 0 fully saturated rings. The van der Waals surface area contributed by atoms with Crippen molar-refractivity contribution in [3.8, 4) is 0 Å². The van der Waals surface area contributed by atoms with Gasteiger partial charge in [-0.25, -0.2) is 0 Å². The minimum absolute atomic E-state index is 0.0959. The van der Waals surface area contributed by atoms with Crippen molar-refractivity contribution in [2.24, 2.45) is 0 Å². The molecule has 0 radical (unpaired) electrons. The topological polar surface area (TPSA) is 78.9 Å². The lowest BCUT2D eigenvalue weighted by atomic mass is 10.0. The molecule has 0 aromatic heterocycles. The molecule has 6 heteroatoms. The van der Waals surface area contributed by atoms with Crippen molar-refractivity contribution in [1.29, 1.82) is 0 Å². The Morgan fingerprint density at radius 2 is 0.534 bits per heavy atom. The molecule has 0 aliphatic carbocycles. The smallest absolute Gasteiger partial charge is 0.306 e. The van der Waals surface area contributed by atoms with E-state index >= 15 is 0 Å². The fraction of sp³-hybridized carbons (Fsp3) is 0.716. The van der Waals surface area contributed by atoms with Crippen LogP contribution in [0.5, 0.6) is 0 Å². The van der Waals surface area contributed by atoms with Gasteiger partial charge in [0.2, 0.25) is 0 Å². The van der Waals surface area contributed by atoms with Crippen molar-refractivity contribution < 1.29 is 28.6 Å². The average molecular weight is 1020 g/mol. The number of esters is 3. The molecule has 0 heterocycles. The molecule has 1 atom stereocenters. The highest BCUT2D eigenvalue weighted by atomic mass is 16.6. The van der Waals surface area contributed by atoms with E-state index in [1.165, 1.54) is 116 Å². The number of carbonyl (C=O) groups is 3. The highest BCUT2D eigenvalue weighted by Gasteiger charge is 2.19. The van der Waals surface area contributed by atoms with Crippen LogP contribution in [0.25, 0.3) is 0 Å². The molecular weight excluding hydrogens is 901 g/mol. The van der Waals surface area contributed by atoms with Gasteiger partial charge in [-0.2, -0.15) is 0 Å². The van der Waals surface area contributed by atoms with Gasteiger partial charge in [-0.05, 0) is 96.3 Å². The number of unbranched alkanes of at least 4 members (excludes halogenated alkanes) is 28. The van der Waals surface area contributed by atoms with E-state index in [2.05, 4.69) is 118 Å². The number of allylic oxidation sites excluding steroid dienone is 16. The Morgan fingerprint density at radius 3 is 0.849 bits per heavy atom. The quantitative estimate of drug-likeness (QED) is 0.0261. The van der Waals surface area contributed by atoms with Crippen LogP contribution in [0.1, 0.15) is 290 Å². The molecule has 6 nitrogen and oxygen atoms in total. The molecule has 73 heavy (non-hydrogen) atoms. The predicted octanol–water partition coefficient (Wildman–Crippen LogP) is 20.9. The molecule has 0 aliphatic rings. The summed E-state index contributed by atoms with van der Waals surface area (Å²) in [6.45, 7) is 6.40. The highest BCUT2D eigenvalue weighted by Crippen LogP contribution is 2.16. The minimum Gasteiger partial charge on any atom is -0.462 e. The predicted molar refractivity (Wildman–Crippen MR) is 316 cm³/mol. The van der Waals surface area contributed by atoms with Gasteiger partial charge in [0.15, 0.2) is 6.10 Å². The van der Waals surface area contributed by atoms with Crippen molar-refractivity contribution >= 4 is 17.9 Å². The summed E-state index contributed by atoms with van der Waals surface area (Å²) in [4.78, 5) is 38.2. The molecule has 0 N–H and O–H groups in total. The van der Waals surface area contributed by atoms with Gasteiger partial charge in [0.25, 0.3) is 0 Å². The number of hydrogen-bond donors (Lipinski definition) is 0. The third kappa shape index (κ3) is 59.1. The van der Waals surface area contributed by atoms with Crippen molar-refractivity contribution in [1.82, 2.24) is 0 Å². The Balaban J connectivity index is 4.39. The normalized spacial score (nSPS) is 12.8. The van der Waals surface area contributed by atoms with Crippen LogP contribution in [0.4, 0.5) is 0 Å². The molecule has 0 spiro atoms. The monoisotopic (exact) mass is 1010 g/mol. The lowest BCUT2D eigenvalue weighted by Crippen LogP contribution is -2.30. The molecule has 0 rings (SSSR count). The van der Waals surface area contributed by atoms with E-state index in [-0.39, 0.29) is 31.1 Å². The summed E-state index contributed by atoms with van der Waals surface area (Å²) >= 11 is 0. The van der Waals surface area contributed by atoms with Gasteiger partial charge in [0, 0.05) is 19.3 Å². The van der Waals surface area contributed by atoms with Crippen LogP contribution in [-0.4, -0.2) is 37.2 Å². The van der Waals surface area contributed by atoms with E-state index in [0.717, 1.165) is 135 Å². The van der Waals surface area contributed by atoms with E-state index in [1.807, 2.05) is 0 Å². The van der Waals surface area contributed by atoms with Gasteiger partial charge in [0.05, 0.1) is 0 Å². The zero-order valence-corrected chi connectivity index (χ0v) is 47.9. The number of ether oxygens (including phenoxy) is 3. The maximum atomic E-state index is 12.9. The van der Waals surface area contributed by atoms with E-state index in [9.17, 15) is 14.4 Å². The highest BCUT2D eigenvalue weighted by molar-refractivity contribution is 5.71. The molecule has 0 bridgehead atoms. The van der Waals surface area contributed by atoms with Crippen LogP contribution < -0.4 is 0 Å². The van der Waals surface area contributed by atoms with Crippen molar-refractivity contribution in [2.75, 3.05) is 13.2 Å². The second-order valence-corrected chi connectivity index (χ2v) is 20.2. The third-order valence-corrected chi connectivity index (χ3v) is 13.1.